The van der Waals surface area contributed by atoms with Crippen molar-refractivity contribution in [3.63, 3.8) is 0 Å². The van der Waals surface area contributed by atoms with Gasteiger partial charge in [-0.3, -0.25) is 4.79 Å². The lowest BCUT2D eigenvalue weighted by molar-refractivity contribution is -0.132. The van der Waals surface area contributed by atoms with Gasteiger partial charge in [-0.15, -0.1) is 0 Å². The zero-order valence-corrected chi connectivity index (χ0v) is 15.2. The molecule has 1 amide bonds. The van der Waals surface area contributed by atoms with Crippen molar-refractivity contribution in [2.45, 2.75) is 31.3 Å². The molecule has 6 nitrogen and oxygen atoms in total. The molecular formula is C16H21ClN2O4S. The van der Waals surface area contributed by atoms with Gasteiger partial charge in [-0.2, -0.15) is 0 Å². The smallest absolute Gasteiger partial charge is 0.227 e. The van der Waals surface area contributed by atoms with Crippen LogP contribution in [0.3, 0.4) is 0 Å². The van der Waals surface area contributed by atoms with Crippen LogP contribution in [0.15, 0.2) is 18.2 Å². The van der Waals surface area contributed by atoms with E-state index in [1.54, 1.807) is 19.2 Å². The van der Waals surface area contributed by atoms with E-state index in [1.165, 1.54) is 0 Å². The number of ether oxygens (including phenoxy) is 1. The van der Waals surface area contributed by atoms with Gasteiger partial charge in [0, 0.05) is 18.6 Å². The first-order chi connectivity index (χ1) is 11.3. The number of carbonyl (C=O) groups is 1. The lowest BCUT2D eigenvalue weighted by atomic mass is 10.0. The molecule has 1 heterocycles. The summed E-state index contributed by atoms with van der Waals surface area (Å²) in [7, 11) is -1.73. The summed E-state index contributed by atoms with van der Waals surface area (Å²) < 4.78 is 30.8. The van der Waals surface area contributed by atoms with Gasteiger partial charge in [0.25, 0.3) is 0 Å². The van der Waals surface area contributed by atoms with Crippen LogP contribution in [0.1, 0.15) is 18.4 Å². The van der Waals surface area contributed by atoms with E-state index in [0.717, 1.165) is 24.7 Å². The Morgan fingerprint density at radius 3 is 2.75 bits per heavy atom. The molecule has 0 unspecified atom stereocenters. The van der Waals surface area contributed by atoms with Crippen molar-refractivity contribution in [1.82, 2.24) is 9.62 Å². The molecule has 3 atom stereocenters. The van der Waals surface area contributed by atoms with Crippen LogP contribution in [0, 0.1) is 5.92 Å². The van der Waals surface area contributed by atoms with Crippen LogP contribution in [-0.4, -0.2) is 51.2 Å². The van der Waals surface area contributed by atoms with Crippen LogP contribution in [-0.2, 0) is 21.2 Å². The number of benzene rings is 1. The van der Waals surface area contributed by atoms with E-state index in [4.69, 9.17) is 16.3 Å². The highest BCUT2D eigenvalue weighted by atomic mass is 35.5. The van der Waals surface area contributed by atoms with Gasteiger partial charge in [0.15, 0.2) is 0 Å². The van der Waals surface area contributed by atoms with Crippen LogP contribution in [0.25, 0.3) is 0 Å². The normalized spacial score (nSPS) is 26.0. The molecule has 132 valence electrons. The molecule has 1 aromatic carbocycles. The number of carbonyl (C=O) groups excluding carboxylic acids is 1. The van der Waals surface area contributed by atoms with Crippen LogP contribution < -0.4 is 9.46 Å². The van der Waals surface area contributed by atoms with E-state index in [0.29, 0.717) is 23.2 Å². The van der Waals surface area contributed by atoms with Crippen LogP contribution in [0.5, 0.6) is 5.75 Å². The number of fused-ring (bicyclic) bond motifs is 2. The second-order valence-electron chi connectivity index (χ2n) is 6.59. The zero-order chi connectivity index (χ0) is 17.5. The van der Waals surface area contributed by atoms with E-state index in [2.05, 4.69) is 4.72 Å². The minimum absolute atomic E-state index is 0.00346. The highest BCUT2D eigenvalue weighted by Crippen LogP contribution is 2.38. The monoisotopic (exact) mass is 372 g/mol. The first-order valence-corrected chi connectivity index (χ1v) is 10.1. The fraction of sp³-hybridized carbons (Fsp3) is 0.562. The van der Waals surface area contributed by atoms with Crippen molar-refractivity contribution in [1.29, 1.82) is 0 Å². The number of halogens is 1. The average Bonchev–Trinajstić information content (AvgIpc) is 3.05. The summed E-state index contributed by atoms with van der Waals surface area (Å²) >= 11 is 6.10. The molecule has 1 aromatic rings. The lowest BCUT2D eigenvalue weighted by Crippen LogP contribution is -2.52. The maximum atomic E-state index is 12.7. The quantitative estimate of drug-likeness (QED) is 0.848. The molecule has 1 aliphatic carbocycles. The number of rotatable bonds is 5. The van der Waals surface area contributed by atoms with Gasteiger partial charge in [0.05, 0.1) is 24.8 Å². The molecule has 2 aliphatic rings. The third-order valence-electron chi connectivity index (χ3n) is 4.74. The van der Waals surface area contributed by atoms with Crippen molar-refractivity contribution in [2.75, 3.05) is 19.9 Å². The largest absolute Gasteiger partial charge is 0.495 e. The summed E-state index contributed by atoms with van der Waals surface area (Å²) in [6.45, 7) is 0.704. The summed E-state index contributed by atoms with van der Waals surface area (Å²) in [4.78, 5) is 14.5. The summed E-state index contributed by atoms with van der Waals surface area (Å²) in [6.07, 6.45) is 3.07. The maximum absolute atomic E-state index is 12.7. The first kappa shape index (κ1) is 17.5. The molecule has 0 spiro atoms. The van der Waals surface area contributed by atoms with E-state index in [1.807, 2.05) is 11.0 Å². The minimum Gasteiger partial charge on any atom is -0.495 e. The van der Waals surface area contributed by atoms with Crippen LogP contribution in [0.4, 0.5) is 0 Å². The number of hydrogen-bond acceptors (Lipinski definition) is 4. The van der Waals surface area contributed by atoms with Crippen LogP contribution >= 0.6 is 11.6 Å². The number of nitrogens with zero attached hydrogens (tertiary/aromatic N) is 1. The molecule has 3 rings (SSSR count). The number of nitrogens with one attached hydrogen (secondary N) is 1. The molecule has 2 bridgehead atoms. The molecule has 2 fully saturated rings. The fourth-order valence-corrected chi connectivity index (χ4v) is 4.89. The molecule has 0 aromatic heterocycles. The van der Waals surface area contributed by atoms with E-state index < -0.39 is 10.0 Å². The van der Waals surface area contributed by atoms with Crippen molar-refractivity contribution in [2.24, 2.45) is 5.92 Å². The fourth-order valence-electron chi connectivity index (χ4n) is 3.81. The Morgan fingerprint density at radius 2 is 2.17 bits per heavy atom. The Hall–Kier alpha value is -1.31. The number of amides is 1. The van der Waals surface area contributed by atoms with Crippen molar-refractivity contribution in [3.05, 3.63) is 28.8 Å². The molecule has 1 N–H and O–H groups in total. The van der Waals surface area contributed by atoms with Crippen molar-refractivity contribution < 1.29 is 17.9 Å². The van der Waals surface area contributed by atoms with Gasteiger partial charge in [-0.05, 0) is 36.5 Å². The number of hydrogen-bond donors (Lipinski definition) is 1. The lowest BCUT2D eigenvalue weighted by Gasteiger charge is -2.33. The third-order valence-corrected chi connectivity index (χ3v) is 5.77. The predicted molar refractivity (Wildman–Crippen MR) is 91.7 cm³/mol. The Morgan fingerprint density at radius 1 is 1.42 bits per heavy atom. The Bertz CT molecular complexity index is 752. The van der Waals surface area contributed by atoms with E-state index in [-0.39, 0.29) is 24.4 Å². The second-order valence-corrected chi connectivity index (χ2v) is 8.78. The van der Waals surface area contributed by atoms with Crippen molar-refractivity contribution >= 4 is 27.5 Å². The van der Waals surface area contributed by atoms with Gasteiger partial charge >= 0.3 is 0 Å². The van der Waals surface area contributed by atoms with E-state index >= 15 is 0 Å². The Kier molecular flexibility index (Phi) is 4.77. The summed E-state index contributed by atoms with van der Waals surface area (Å²) in [5.74, 6) is 0.951. The second kappa shape index (κ2) is 6.54. The Labute approximate surface area is 147 Å². The maximum Gasteiger partial charge on any atom is 0.227 e. The highest BCUT2D eigenvalue weighted by molar-refractivity contribution is 7.88. The SMILES string of the molecule is COc1ccc(CC(=O)N2C[C@@H]3C[C@H](NS(C)(=O)=O)[C@H]2C3)cc1Cl. The number of methoxy groups -OCH3 is 1. The third kappa shape index (κ3) is 3.68. The number of piperidine rings is 1. The first-order valence-electron chi connectivity index (χ1n) is 7.86. The van der Waals surface area contributed by atoms with E-state index in [9.17, 15) is 13.2 Å². The number of likely N-dealkylation sites (tertiary alicyclic amines) is 1. The molecule has 1 aliphatic heterocycles. The average molecular weight is 373 g/mol. The highest BCUT2D eigenvalue weighted by Gasteiger charge is 2.47. The van der Waals surface area contributed by atoms with Crippen molar-refractivity contribution in [3.8, 4) is 5.75 Å². The van der Waals surface area contributed by atoms with Crippen LogP contribution in [0.2, 0.25) is 5.02 Å². The molecule has 1 saturated heterocycles. The number of sulfonamides is 1. The standard InChI is InChI=1S/C16H21ClN2O4S/c1-23-15-4-3-10(5-12(15)17)8-16(20)19-9-11-6-13(14(19)7-11)18-24(2,21)22/h3-5,11,13-14,18H,6-9H2,1-2H3/t11-,13+,14-/m1/s1. The summed E-state index contributed by atoms with van der Waals surface area (Å²) in [5.41, 5.74) is 0.821. The Balaban J connectivity index is 1.68. The van der Waals surface area contributed by atoms with Gasteiger partial charge in [0.2, 0.25) is 15.9 Å². The topological polar surface area (TPSA) is 75.7 Å². The minimum atomic E-state index is -3.27. The van der Waals surface area contributed by atoms with Gasteiger partial charge in [-0.1, -0.05) is 17.7 Å². The van der Waals surface area contributed by atoms with Gasteiger partial charge < -0.3 is 9.64 Å². The molecule has 8 heteroatoms. The predicted octanol–water partition coefficient (Wildman–Crippen LogP) is 1.43. The molecule has 24 heavy (non-hydrogen) atoms. The molecule has 1 saturated carbocycles. The molecular weight excluding hydrogens is 352 g/mol. The summed E-state index contributed by atoms with van der Waals surface area (Å²) in [5, 5.41) is 0.474. The molecule has 0 radical (unpaired) electrons. The summed E-state index contributed by atoms with van der Waals surface area (Å²) in [6, 6.07) is 5.07. The van der Waals surface area contributed by atoms with Gasteiger partial charge in [-0.25, -0.2) is 13.1 Å². The van der Waals surface area contributed by atoms with Gasteiger partial charge in [0.1, 0.15) is 5.75 Å². The zero-order valence-electron chi connectivity index (χ0n) is 13.7.